The summed E-state index contributed by atoms with van der Waals surface area (Å²) in [4.78, 5) is 25.8. The maximum atomic E-state index is 15.7. The molecule has 15 heteroatoms. The smallest absolute Gasteiger partial charge is 0.137 e. The van der Waals surface area contributed by atoms with Gasteiger partial charge in [0.05, 0.1) is 117 Å². The molecule has 8 heterocycles. The van der Waals surface area contributed by atoms with Crippen LogP contribution in [0.4, 0.5) is 46.0 Å². The number of hydrogen-bond donors (Lipinski definition) is 1. The quantitative estimate of drug-likeness (QED) is 0.168. The Hall–Kier alpha value is -7.91. The van der Waals surface area contributed by atoms with E-state index >= 15 is 4.39 Å². The first kappa shape index (κ1) is 53.7. The number of hydrogen-bond acceptors (Lipinski definition) is 10. The van der Waals surface area contributed by atoms with Gasteiger partial charge in [0.1, 0.15) is 23.3 Å². The molecule has 0 bridgehead atoms. The minimum Gasteiger partial charge on any atom is -0.383 e. The molecule has 2 saturated heterocycles. The Morgan fingerprint density at radius 1 is 0.556 bits per heavy atom. The van der Waals surface area contributed by atoms with Crippen molar-refractivity contribution in [2.24, 2.45) is 0 Å². The molecule has 6 aromatic carbocycles. The van der Waals surface area contributed by atoms with Gasteiger partial charge in [-0.2, -0.15) is 0 Å². The van der Waals surface area contributed by atoms with E-state index in [0.717, 1.165) is 113 Å². The monoisotopic (exact) mass is 1110 g/mol. The largest absolute Gasteiger partial charge is 0.383 e. The van der Waals surface area contributed by atoms with E-state index < -0.39 is 23.3 Å². The summed E-state index contributed by atoms with van der Waals surface area (Å²) < 4.78 is 68.9. The number of rotatable bonds is 5. The maximum Gasteiger partial charge on any atom is 0.137 e. The first-order chi connectivity index (χ1) is 39.0. The molecule has 10 aromatic rings. The number of nitrogens with one attached hydrogen (secondary N) is 1. The van der Waals surface area contributed by atoms with Gasteiger partial charge in [-0.05, 0) is 58.7 Å². The lowest BCUT2D eigenvalue weighted by atomic mass is 9.91. The highest BCUT2D eigenvalue weighted by molar-refractivity contribution is 6.36. The minimum atomic E-state index is -0.699. The van der Waals surface area contributed by atoms with E-state index in [1.807, 2.05) is 86.0 Å². The van der Waals surface area contributed by atoms with Crippen molar-refractivity contribution < 1.29 is 27.0 Å². The third kappa shape index (κ3) is 10.1. The molecule has 0 saturated carbocycles. The Kier molecular flexibility index (Phi) is 14.3. The van der Waals surface area contributed by atoms with E-state index in [0.29, 0.717) is 53.3 Å². The third-order valence-corrected chi connectivity index (χ3v) is 16.5. The zero-order valence-corrected chi connectivity index (χ0v) is 46.9. The van der Waals surface area contributed by atoms with E-state index in [9.17, 15) is 13.2 Å². The molecule has 14 rings (SSSR count). The van der Waals surface area contributed by atoms with Crippen LogP contribution in [-0.4, -0.2) is 85.6 Å². The number of benzene rings is 6. The molecule has 0 aliphatic carbocycles. The van der Waals surface area contributed by atoms with Crippen LogP contribution in [0, 0.1) is 37.1 Å². The van der Waals surface area contributed by atoms with Gasteiger partial charge in [-0.25, -0.2) is 27.5 Å². The summed E-state index contributed by atoms with van der Waals surface area (Å²) in [5, 5.41) is 8.40. The first-order valence-corrected chi connectivity index (χ1v) is 27.8. The second kappa shape index (κ2) is 21.5. The topological polar surface area (TPSA) is 91.8 Å². The second-order valence-corrected chi connectivity index (χ2v) is 22.9. The van der Waals surface area contributed by atoms with Crippen LogP contribution in [0.1, 0.15) is 50.2 Å². The van der Waals surface area contributed by atoms with Crippen LogP contribution in [-0.2, 0) is 20.3 Å². The second-order valence-electron chi connectivity index (χ2n) is 22.5. The highest BCUT2D eigenvalue weighted by atomic mass is 35.5. The molecular weight excluding hydrogens is 1050 g/mol. The molecule has 412 valence electrons. The number of pyridine rings is 4. The van der Waals surface area contributed by atoms with Crippen LogP contribution in [0.2, 0.25) is 5.02 Å². The van der Waals surface area contributed by atoms with E-state index in [1.54, 1.807) is 6.92 Å². The lowest BCUT2D eigenvalue weighted by Crippen LogP contribution is -2.36. The number of halogens is 5. The number of nitrogens with zero attached hydrogens (tertiary/aromatic N) is 7. The fourth-order valence-electron chi connectivity index (χ4n) is 11.9. The van der Waals surface area contributed by atoms with Crippen molar-refractivity contribution in [1.82, 2.24) is 19.9 Å². The molecule has 81 heavy (non-hydrogen) atoms. The molecule has 4 aliphatic rings. The molecule has 0 radical (unpaired) electrons. The van der Waals surface area contributed by atoms with Crippen molar-refractivity contribution in [3.05, 3.63) is 185 Å². The number of morpholine rings is 2. The van der Waals surface area contributed by atoms with Crippen LogP contribution in [0.3, 0.4) is 0 Å². The Balaban J connectivity index is 0.000000134. The van der Waals surface area contributed by atoms with E-state index in [2.05, 4.69) is 88.0 Å². The lowest BCUT2D eigenvalue weighted by Gasteiger charge is -2.30. The van der Waals surface area contributed by atoms with Gasteiger partial charge < -0.3 is 29.5 Å². The predicted octanol–water partition coefficient (Wildman–Crippen LogP) is 15.2. The minimum absolute atomic E-state index is 0.152. The number of aromatic nitrogens is 4. The molecule has 0 amide bonds. The summed E-state index contributed by atoms with van der Waals surface area (Å²) in [5.41, 5.74) is 12.3. The van der Waals surface area contributed by atoms with Gasteiger partial charge >= 0.3 is 0 Å². The van der Waals surface area contributed by atoms with Crippen molar-refractivity contribution in [3.63, 3.8) is 0 Å². The average molecular weight is 1110 g/mol. The van der Waals surface area contributed by atoms with Crippen molar-refractivity contribution in [1.29, 1.82) is 0 Å². The highest BCUT2D eigenvalue weighted by Crippen LogP contribution is 2.50. The third-order valence-electron chi connectivity index (χ3n) is 16.1. The highest BCUT2D eigenvalue weighted by Gasteiger charge is 2.40. The van der Waals surface area contributed by atoms with E-state index in [4.69, 9.17) is 31.0 Å². The SMILES string of the molecule is CC1(C)CNc2cc(N3CCOCC3)cnc21.Cc1c(-c2cccc3ccccc23)nc2cc(F)cc(F)c2c1Cl.Cc1c(-c2cccc3ccccc23)nc2cc(F)cc(F)c2c1N1CC(C)(C)c2ncc(N3CCOCC3)cc21. The molecule has 1 N–H and O–H groups in total. The Labute approximate surface area is 473 Å². The Morgan fingerprint density at radius 3 is 1.63 bits per heavy atom. The van der Waals surface area contributed by atoms with Crippen molar-refractivity contribution >= 4 is 83.4 Å². The summed E-state index contributed by atoms with van der Waals surface area (Å²) >= 11 is 6.39. The maximum absolute atomic E-state index is 15.7. The number of ether oxygens (including phenoxy) is 2. The zero-order valence-electron chi connectivity index (χ0n) is 46.1. The Bertz CT molecular complexity index is 4080. The van der Waals surface area contributed by atoms with E-state index in [1.165, 1.54) is 29.2 Å². The van der Waals surface area contributed by atoms with Gasteiger partial charge in [0.25, 0.3) is 0 Å². The van der Waals surface area contributed by atoms with Crippen LogP contribution < -0.4 is 20.0 Å². The van der Waals surface area contributed by atoms with Gasteiger partial charge in [-0.3, -0.25) is 9.97 Å². The molecule has 4 aromatic heterocycles. The predicted molar refractivity (Wildman–Crippen MR) is 320 cm³/mol. The van der Waals surface area contributed by atoms with Crippen molar-refractivity contribution in [3.8, 4) is 22.5 Å². The molecule has 2 fully saturated rings. The number of anilines is 5. The van der Waals surface area contributed by atoms with Crippen molar-refractivity contribution in [2.45, 2.75) is 52.4 Å². The van der Waals surface area contributed by atoms with Crippen LogP contribution >= 0.6 is 11.6 Å². The summed E-state index contributed by atoms with van der Waals surface area (Å²) in [6.07, 6.45) is 3.93. The summed E-state index contributed by atoms with van der Waals surface area (Å²) in [6.45, 7) is 20.6. The van der Waals surface area contributed by atoms with Gasteiger partial charge in [-0.15, -0.1) is 0 Å². The molecule has 0 spiro atoms. The normalized spacial score (nSPS) is 16.2. The van der Waals surface area contributed by atoms with Gasteiger partial charge in [0.2, 0.25) is 0 Å². The molecule has 4 aliphatic heterocycles. The fraction of sp³-hybridized carbons (Fsp3) is 0.273. The average Bonchev–Trinajstić information content (AvgIpc) is 4.13. The molecule has 0 unspecified atom stereocenters. The standard InChI is InChI=1S/C33H30F2N4O.C20H12ClF2N.C13H19N3O/c1-20-30(25-10-6-8-21-7-4-5-9-24(21)25)37-27-16-22(34)15-26(35)29(27)31(20)39-19-33(2,3)32-28(39)17-23(18-36-32)38-11-13-40-14-12-38;1-11-19(21)18-16(23)9-13(22)10-17(18)24-20(11)15-8-4-6-12-5-2-3-7-14(12)15;1-13(2)9-15-11-7-10(8-14-12(11)13)16-3-5-17-6-4-16/h4-10,15-18H,11-14,19H2,1-3H3;2-10H,1H3;7-8,15H,3-6,9H2,1-2H3. The van der Waals surface area contributed by atoms with E-state index in [-0.39, 0.29) is 26.8 Å². The Morgan fingerprint density at radius 2 is 1.05 bits per heavy atom. The lowest BCUT2D eigenvalue weighted by molar-refractivity contribution is 0.122. The summed E-state index contributed by atoms with van der Waals surface area (Å²) in [6, 6.07) is 36.7. The summed E-state index contributed by atoms with van der Waals surface area (Å²) in [7, 11) is 0. The van der Waals surface area contributed by atoms with Crippen molar-refractivity contribution in [2.75, 3.05) is 85.7 Å². The van der Waals surface area contributed by atoms with Gasteiger partial charge in [0, 0.05) is 85.5 Å². The van der Waals surface area contributed by atoms with Gasteiger partial charge in [0.15, 0.2) is 0 Å². The molecular formula is C66H61ClF4N8O2. The molecule has 0 atom stereocenters. The first-order valence-electron chi connectivity index (χ1n) is 27.4. The van der Waals surface area contributed by atoms with Gasteiger partial charge in [-0.1, -0.05) is 124 Å². The number of fused-ring (bicyclic) bond motifs is 6. The van der Waals surface area contributed by atoms with Crippen LogP contribution in [0.15, 0.2) is 134 Å². The van der Waals surface area contributed by atoms with Crippen LogP contribution in [0.25, 0.3) is 65.9 Å². The molecule has 10 nitrogen and oxygen atoms in total. The fourth-order valence-corrected chi connectivity index (χ4v) is 12.2. The van der Waals surface area contributed by atoms with Crippen LogP contribution in [0.5, 0.6) is 0 Å². The summed E-state index contributed by atoms with van der Waals surface area (Å²) in [5.74, 6) is -2.63. The zero-order chi connectivity index (χ0) is 56.3.